The third-order valence-corrected chi connectivity index (χ3v) is 7.26. The number of halogens is 1. The summed E-state index contributed by atoms with van der Waals surface area (Å²) in [5, 5.41) is 3.07. The molecule has 25 heavy (non-hydrogen) atoms. The van der Waals surface area contributed by atoms with Crippen molar-refractivity contribution in [2.45, 2.75) is 44.7 Å². The molecule has 1 heterocycles. The molecule has 0 aliphatic carbocycles. The Morgan fingerprint density at radius 2 is 1.96 bits per heavy atom. The van der Waals surface area contributed by atoms with Gasteiger partial charge in [0.05, 0.1) is 0 Å². The Labute approximate surface area is 173 Å². The summed E-state index contributed by atoms with van der Waals surface area (Å²) in [6, 6.07) is 3.56. The van der Waals surface area contributed by atoms with E-state index in [1.54, 1.807) is 6.07 Å². The van der Waals surface area contributed by atoms with E-state index in [1.165, 1.54) is 15.6 Å². The Hall–Kier alpha value is -0.390. The van der Waals surface area contributed by atoms with Crippen LogP contribution in [0.5, 0.6) is 0 Å². The molecule has 0 unspecified atom stereocenters. The molecule has 146 valence electrons. The minimum Gasteiger partial charge on any atom is -0.370 e. The van der Waals surface area contributed by atoms with Crippen LogP contribution >= 0.6 is 35.3 Å². The molecular weight excluding hydrogens is 471 g/mol. The third-order valence-electron chi connectivity index (χ3n) is 3.60. The second-order valence-corrected chi connectivity index (χ2v) is 9.27. The van der Waals surface area contributed by atoms with Crippen molar-refractivity contribution in [1.82, 2.24) is 9.62 Å². The van der Waals surface area contributed by atoms with Crippen LogP contribution in [-0.2, 0) is 16.4 Å². The van der Waals surface area contributed by atoms with Crippen molar-refractivity contribution in [3.63, 3.8) is 0 Å². The van der Waals surface area contributed by atoms with E-state index < -0.39 is 10.0 Å². The lowest BCUT2D eigenvalue weighted by atomic mass is 10.1. The van der Waals surface area contributed by atoms with E-state index in [4.69, 9.17) is 5.73 Å². The van der Waals surface area contributed by atoms with Crippen LogP contribution < -0.4 is 11.1 Å². The fraction of sp³-hybridized carbons (Fsp3) is 0.688. The standard InChI is InChI=1S/C16H30N4O2S2.HI/c1-5-20(6-2)24(21,22)15-8-7-14(23-15)10-12-19-16(17)18-11-9-13(3)4;/h7-8,13H,5-6,9-12H2,1-4H3,(H3,17,18,19);1H. The average Bonchev–Trinajstić information content (AvgIpc) is 2.97. The van der Waals surface area contributed by atoms with Crippen LogP contribution in [0.15, 0.2) is 21.3 Å². The monoisotopic (exact) mass is 502 g/mol. The first-order valence-electron chi connectivity index (χ1n) is 8.43. The number of nitrogens with one attached hydrogen (secondary N) is 1. The molecule has 1 aromatic rings. The number of rotatable bonds is 10. The lowest BCUT2D eigenvalue weighted by molar-refractivity contribution is 0.447. The minimum atomic E-state index is -3.36. The molecule has 0 aliphatic heterocycles. The first kappa shape index (κ1) is 24.6. The first-order valence-corrected chi connectivity index (χ1v) is 10.7. The number of nitrogens with zero attached hydrogens (tertiary/aromatic N) is 2. The van der Waals surface area contributed by atoms with Crippen molar-refractivity contribution in [3.8, 4) is 0 Å². The van der Waals surface area contributed by atoms with Gasteiger partial charge in [0.2, 0.25) is 0 Å². The van der Waals surface area contributed by atoms with Crippen molar-refractivity contribution < 1.29 is 8.42 Å². The molecular formula is C16H31IN4O2S2. The highest BCUT2D eigenvalue weighted by Gasteiger charge is 2.23. The van der Waals surface area contributed by atoms with Crippen molar-refractivity contribution in [2.24, 2.45) is 16.6 Å². The van der Waals surface area contributed by atoms with E-state index in [2.05, 4.69) is 24.2 Å². The fourth-order valence-corrected chi connectivity index (χ4v) is 5.10. The lowest BCUT2D eigenvalue weighted by Gasteiger charge is -2.16. The molecule has 0 bridgehead atoms. The third kappa shape index (κ3) is 8.23. The largest absolute Gasteiger partial charge is 0.370 e. The minimum absolute atomic E-state index is 0. The molecule has 1 aromatic heterocycles. The van der Waals surface area contributed by atoms with Crippen LogP contribution in [0.4, 0.5) is 0 Å². The molecule has 3 N–H and O–H groups in total. The Morgan fingerprint density at radius 1 is 1.32 bits per heavy atom. The zero-order valence-corrected chi connectivity index (χ0v) is 19.5. The van der Waals surface area contributed by atoms with Crippen molar-refractivity contribution in [1.29, 1.82) is 0 Å². The van der Waals surface area contributed by atoms with Gasteiger partial charge in [-0.2, -0.15) is 4.31 Å². The molecule has 0 saturated carbocycles. The number of aliphatic imine (C=N–C) groups is 1. The number of guanidine groups is 1. The van der Waals surface area contributed by atoms with Gasteiger partial charge in [0.15, 0.2) is 5.96 Å². The summed E-state index contributed by atoms with van der Waals surface area (Å²) in [7, 11) is -3.36. The van der Waals surface area contributed by atoms with Gasteiger partial charge >= 0.3 is 0 Å². The van der Waals surface area contributed by atoms with Gasteiger partial charge in [0.1, 0.15) is 4.21 Å². The number of thiophene rings is 1. The summed E-state index contributed by atoms with van der Waals surface area (Å²) >= 11 is 1.32. The van der Waals surface area contributed by atoms with Gasteiger partial charge in [0.25, 0.3) is 10.0 Å². The van der Waals surface area contributed by atoms with Crippen LogP contribution in [0.3, 0.4) is 0 Å². The summed E-state index contributed by atoms with van der Waals surface area (Å²) in [6.45, 7) is 10.3. The van der Waals surface area contributed by atoms with E-state index in [0.29, 0.717) is 35.7 Å². The molecule has 0 aromatic carbocycles. The van der Waals surface area contributed by atoms with Crippen molar-refractivity contribution >= 4 is 51.3 Å². The zero-order chi connectivity index (χ0) is 18.2. The van der Waals surface area contributed by atoms with Crippen LogP contribution in [-0.4, -0.2) is 44.9 Å². The Kier molecular flexibility index (Phi) is 11.9. The second-order valence-electron chi connectivity index (χ2n) is 5.94. The molecule has 0 radical (unpaired) electrons. The fourth-order valence-electron chi connectivity index (χ4n) is 2.13. The van der Waals surface area contributed by atoms with Crippen LogP contribution in [0.2, 0.25) is 0 Å². The van der Waals surface area contributed by atoms with Gasteiger partial charge < -0.3 is 11.1 Å². The highest BCUT2D eigenvalue weighted by molar-refractivity contribution is 14.0. The smallest absolute Gasteiger partial charge is 0.252 e. The van der Waals surface area contributed by atoms with Crippen LogP contribution in [0.1, 0.15) is 39.0 Å². The zero-order valence-electron chi connectivity index (χ0n) is 15.5. The van der Waals surface area contributed by atoms with Crippen LogP contribution in [0, 0.1) is 5.92 Å². The number of sulfonamides is 1. The summed E-state index contributed by atoms with van der Waals surface area (Å²) < 4.78 is 26.8. The average molecular weight is 502 g/mol. The summed E-state index contributed by atoms with van der Waals surface area (Å²) in [5.74, 6) is 1.06. The Balaban J connectivity index is 0.00000576. The van der Waals surface area contributed by atoms with E-state index in [9.17, 15) is 8.42 Å². The predicted octanol–water partition coefficient (Wildman–Crippen LogP) is 2.89. The quantitative estimate of drug-likeness (QED) is 0.293. The Morgan fingerprint density at radius 3 is 2.52 bits per heavy atom. The lowest BCUT2D eigenvalue weighted by Crippen LogP contribution is -2.33. The maximum absolute atomic E-state index is 12.4. The van der Waals surface area contributed by atoms with Gasteiger partial charge in [-0.3, -0.25) is 4.99 Å². The van der Waals surface area contributed by atoms with Gasteiger partial charge in [-0.05, 0) is 30.9 Å². The van der Waals surface area contributed by atoms with E-state index in [-0.39, 0.29) is 24.0 Å². The second kappa shape index (κ2) is 12.1. The first-order chi connectivity index (χ1) is 11.3. The molecule has 1 rings (SSSR count). The number of hydrogen-bond acceptors (Lipinski definition) is 4. The molecule has 9 heteroatoms. The van der Waals surface area contributed by atoms with Gasteiger partial charge in [-0.1, -0.05) is 27.7 Å². The molecule has 6 nitrogen and oxygen atoms in total. The normalized spacial score (nSPS) is 12.5. The predicted molar refractivity (Wildman–Crippen MR) is 117 cm³/mol. The molecule has 0 fully saturated rings. The van der Waals surface area contributed by atoms with Crippen molar-refractivity contribution in [3.05, 3.63) is 17.0 Å². The highest BCUT2D eigenvalue weighted by atomic mass is 127. The summed E-state index contributed by atoms with van der Waals surface area (Å²) in [6.07, 6.45) is 1.73. The summed E-state index contributed by atoms with van der Waals surface area (Å²) in [4.78, 5) is 5.29. The number of nitrogens with two attached hydrogens (primary N) is 1. The van der Waals surface area contributed by atoms with Crippen molar-refractivity contribution in [2.75, 3.05) is 26.2 Å². The summed E-state index contributed by atoms with van der Waals surface area (Å²) in [5.41, 5.74) is 5.81. The molecule has 0 spiro atoms. The van der Waals surface area contributed by atoms with Crippen LogP contribution in [0.25, 0.3) is 0 Å². The van der Waals surface area contributed by atoms with Gasteiger partial charge in [-0.25, -0.2) is 8.42 Å². The van der Waals surface area contributed by atoms with Gasteiger partial charge in [0, 0.05) is 31.1 Å². The topological polar surface area (TPSA) is 87.8 Å². The maximum atomic E-state index is 12.4. The maximum Gasteiger partial charge on any atom is 0.252 e. The van der Waals surface area contributed by atoms with E-state index >= 15 is 0 Å². The van der Waals surface area contributed by atoms with Gasteiger partial charge in [-0.15, -0.1) is 35.3 Å². The number of hydrogen-bond donors (Lipinski definition) is 2. The van der Waals surface area contributed by atoms with E-state index in [0.717, 1.165) is 24.3 Å². The molecule has 0 atom stereocenters. The molecule has 0 aliphatic rings. The van der Waals surface area contributed by atoms with E-state index in [1.807, 2.05) is 19.9 Å². The molecule has 0 amide bonds. The Bertz CT molecular complexity index is 626. The molecule has 0 saturated heterocycles. The SMILES string of the molecule is CCN(CC)S(=O)(=O)c1ccc(CCNC(N)=NCCC(C)C)s1.I. The highest BCUT2D eigenvalue weighted by Crippen LogP contribution is 2.25.